The summed E-state index contributed by atoms with van der Waals surface area (Å²) in [6.45, 7) is 13.6. The van der Waals surface area contributed by atoms with Crippen LogP contribution < -0.4 is 16.0 Å². The minimum absolute atomic E-state index is 0.0668. The Morgan fingerprint density at radius 1 is 0.500 bits per heavy atom. The number of hydrogen-bond donors (Lipinski definition) is 3. The smallest absolute Gasteiger partial charge is 0.253 e. The van der Waals surface area contributed by atoms with E-state index in [4.69, 9.17) is 0 Å². The summed E-state index contributed by atoms with van der Waals surface area (Å²) in [4.78, 5) is 41.3. The van der Waals surface area contributed by atoms with Gasteiger partial charge in [-0.2, -0.15) is 0 Å². The normalized spacial score (nSPS) is 28.5. The zero-order valence-corrected chi connectivity index (χ0v) is 27.1. The van der Waals surface area contributed by atoms with E-state index in [-0.39, 0.29) is 41.4 Å². The number of carbonyl (C=O) groups excluding carboxylic acids is 3. The molecule has 0 atom stereocenters. The zero-order chi connectivity index (χ0) is 30.4. The average molecular weight is 580 g/mol. The molecule has 3 amide bonds. The lowest BCUT2D eigenvalue weighted by Gasteiger charge is -2.32. The van der Waals surface area contributed by atoms with Gasteiger partial charge in [0.2, 0.25) is 0 Å². The van der Waals surface area contributed by atoms with Gasteiger partial charge in [-0.05, 0) is 125 Å². The Morgan fingerprint density at radius 3 is 1.07 bits per heavy atom. The third-order valence-corrected chi connectivity index (χ3v) is 10.9. The van der Waals surface area contributed by atoms with Crippen LogP contribution in [0.25, 0.3) is 0 Å². The van der Waals surface area contributed by atoms with E-state index < -0.39 is 0 Å². The molecule has 3 fully saturated rings. The summed E-state index contributed by atoms with van der Waals surface area (Å²) < 4.78 is 0. The first-order valence-corrected chi connectivity index (χ1v) is 17.1. The molecule has 0 aromatic heterocycles. The maximum atomic E-state index is 13.9. The van der Waals surface area contributed by atoms with Crippen molar-refractivity contribution in [2.75, 3.05) is 0 Å². The number of hydrogen-bond acceptors (Lipinski definition) is 3. The lowest BCUT2D eigenvalue weighted by Crippen LogP contribution is -2.43. The number of amides is 3. The second-order valence-corrected chi connectivity index (χ2v) is 14.7. The van der Waals surface area contributed by atoms with Crippen LogP contribution in [0.5, 0.6) is 0 Å². The van der Waals surface area contributed by atoms with Crippen LogP contribution in [0.15, 0.2) is 18.2 Å². The molecule has 3 aliphatic carbocycles. The van der Waals surface area contributed by atoms with Gasteiger partial charge in [0.05, 0.1) is 16.7 Å². The maximum absolute atomic E-state index is 13.9. The van der Waals surface area contributed by atoms with Crippen LogP contribution in [0, 0.1) is 35.5 Å². The molecule has 0 unspecified atom stereocenters. The molecule has 0 bridgehead atoms. The van der Waals surface area contributed by atoms with Crippen LogP contribution in [0.2, 0.25) is 0 Å². The Balaban J connectivity index is 1.51. The lowest BCUT2D eigenvalue weighted by molar-refractivity contribution is 0.0868. The Hall–Kier alpha value is -2.37. The Labute approximate surface area is 254 Å². The molecule has 3 saturated carbocycles. The van der Waals surface area contributed by atoms with Gasteiger partial charge in [0.15, 0.2) is 0 Å². The first-order chi connectivity index (χ1) is 20.0. The molecule has 0 spiro atoms. The topological polar surface area (TPSA) is 87.3 Å². The highest BCUT2D eigenvalue weighted by Crippen LogP contribution is 2.32. The van der Waals surface area contributed by atoms with Gasteiger partial charge in [0.25, 0.3) is 17.7 Å². The number of carbonyl (C=O) groups is 3. The highest BCUT2D eigenvalue weighted by atomic mass is 16.2. The monoisotopic (exact) mass is 579 g/mol. The zero-order valence-electron chi connectivity index (χ0n) is 27.1. The lowest BCUT2D eigenvalue weighted by atomic mass is 9.79. The average Bonchev–Trinajstić information content (AvgIpc) is 2.97. The largest absolute Gasteiger partial charge is 0.349 e. The summed E-state index contributed by atoms with van der Waals surface area (Å²) in [6.07, 6.45) is 12.3. The van der Waals surface area contributed by atoms with Gasteiger partial charge in [-0.15, -0.1) is 0 Å². The molecule has 6 nitrogen and oxygen atoms in total. The van der Waals surface area contributed by atoms with Crippen molar-refractivity contribution < 1.29 is 14.4 Å². The van der Waals surface area contributed by atoms with Crippen LogP contribution in [0.3, 0.4) is 0 Å². The van der Waals surface area contributed by atoms with Gasteiger partial charge >= 0.3 is 0 Å². The van der Waals surface area contributed by atoms with Crippen molar-refractivity contribution in [3.63, 3.8) is 0 Å². The second kappa shape index (κ2) is 14.9. The van der Waals surface area contributed by atoms with Gasteiger partial charge < -0.3 is 16.0 Å². The van der Waals surface area contributed by atoms with Crippen LogP contribution in [-0.2, 0) is 0 Å². The van der Waals surface area contributed by atoms with E-state index in [1.54, 1.807) is 18.2 Å². The molecule has 0 heterocycles. The third kappa shape index (κ3) is 8.38. The van der Waals surface area contributed by atoms with E-state index in [0.29, 0.717) is 46.6 Å². The van der Waals surface area contributed by atoms with Crippen molar-refractivity contribution in [3.05, 3.63) is 34.9 Å². The molecule has 6 heteroatoms. The minimum atomic E-state index is -0.300. The molecule has 0 aliphatic heterocycles. The highest BCUT2D eigenvalue weighted by Gasteiger charge is 2.32. The molecule has 1 aromatic carbocycles. The summed E-state index contributed by atoms with van der Waals surface area (Å²) in [7, 11) is 0. The van der Waals surface area contributed by atoms with Gasteiger partial charge in [0, 0.05) is 18.1 Å². The summed E-state index contributed by atoms with van der Waals surface area (Å²) >= 11 is 0. The van der Waals surface area contributed by atoms with E-state index in [0.717, 1.165) is 77.0 Å². The quantitative estimate of drug-likeness (QED) is 0.283. The summed E-state index contributed by atoms with van der Waals surface area (Å²) in [5.74, 6) is 3.26. The highest BCUT2D eigenvalue weighted by molar-refractivity contribution is 6.14. The molecule has 3 N–H and O–H groups in total. The van der Waals surface area contributed by atoms with Gasteiger partial charge in [-0.3, -0.25) is 14.4 Å². The maximum Gasteiger partial charge on any atom is 0.253 e. The molecule has 1 aromatic rings. The second-order valence-electron chi connectivity index (χ2n) is 14.7. The van der Waals surface area contributed by atoms with E-state index in [9.17, 15) is 14.4 Å². The fourth-order valence-electron chi connectivity index (χ4n) is 7.75. The fraction of sp³-hybridized carbons (Fsp3) is 0.750. The number of benzene rings is 1. The Morgan fingerprint density at radius 2 is 0.786 bits per heavy atom. The van der Waals surface area contributed by atoms with E-state index in [1.807, 2.05) is 0 Å². The van der Waals surface area contributed by atoms with Gasteiger partial charge in [0.1, 0.15) is 0 Å². The summed E-state index contributed by atoms with van der Waals surface area (Å²) in [5.41, 5.74) is 0.848. The first kappa shape index (κ1) is 32.5. The standard InChI is InChI=1S/C36H57N3O3/c1-22(2)25-10-16-28(17-11-25)37-34(40)31-8-7-9-32(35(41)38-29-18-12-26(13-19-29)23(3)4)33(31)36(42)39-30-20-14-27(15-21-30)24(5)6/h7-9,22-30H,10-21H2,1-6H3,(H,37,40)(H,38,41)(H,39,42). The molecule has 4 rings (SSSR count). The van der Waals surface area contributed by atoms with Crippen molar-refractivity contribution in [2.24, 2.45) is 35.5 Å². The summed E-state index contributed by atoms with van der Waals surface area (Å²) in [5, 5.41) is 9.68. The SMILES string of the molecule is CC(C)C1CCC(NC(=O)c2cccc(C(=O)NC3CCC(C(C)C)CC3)c2C(=O)NC2CCC(C(C)C)CC2)CC1. The molecule has 0 radical (unpaired) electrons. The molecule has 42 heavy (non-hydrogen) atoms. The van der Waals surface area contributed by atoms with Crippen LogP contribution in [0.1, 0.15) is 150 Å². The number of nitrogens with one attached hydrogen (secondary N) is 3. The molecule has 3 aliphatic rings. The molecule has 234 valence electrons. The van der Waals surface area contributed by atoms with Crippen molar-refractivity contribution in [1.82, 2.24) is 16.0 Å². The Kier molecular flexibility index (Phi) is 11.5. The Bertz CT molecular complexity index is 996. The van der Waals surface area contributed by atoms with Crippen molar-refractivity contribution in [2.45, 2.75) is 137 Å². The predicted octanol–water partition coefficient (Wildman–Crippen LogP) is 7.52. The third-order valence-electron chi connectivity index (χ3n) is 10.9. The molecular weight excluding hydrogens is 522 g/mol. The van der Waals surface area contributed by atoms with Crippen molar-refractivity contribution in [1.29, 1.82) is 0 Å². The summed E-state index contributed by atoms with van der Waals surface area (Å²) in [6, 6.07) is 5.44. The first-order valence-electron chi connectivity index (χ1n) is 17.1. The van der Waals surface area contributed by atoms with E-state index >= 15 is 0 Å². The molecule has 0 saturated heterocycles. The van der Waals surface area contributed by atoms with Crippen molar-refractivity contribution >= 4 is 17.7 Å². The fourth-order valence-corrected chi connectivity index (χ4v) is 7.75. The van der Waals surface area contributed by atoms with Crippen LogP contribution >= 0.6 is 0 Å². The predicted molar refractivity (Wildman–Crippen MR) is 171 cm³/mol. The number of rotatable bonds is 9. The van der Waals surface area contributed by atoms with Gasteiger partial charge in [-0.25, -0.2) is 0 Å². The van der Waals surface area contributed by atoms with Crippen molar-refractivity contribution in [3.8, 4) is 0 Å². The van der Waals surface area contributed by atoms with E-state index in [2.05, 4.69) is 57.5 Å². The molecular formula is C36H57N3O3. The van der Waals surface area contributed by atoms with Crippen LogP contribution in [-0.4, -0.2) is 35.8 Å². The van der Waals surface area contributed by atoms with Crippen LogP contribution in [0.4, 0.5) is 0 Å². The van der Waals surface area contributed by atoms with Gasteiger partial charge in [-0.1, -0.05) is 47.6 Å². The minimum Gasteiger partial charge on any atom is -0.349 e. The van der Waals surface area contributed by atoms with E-state index in [1.165, 1.54) is 0 Å².